The van der Waals surface area contributed by atoms with Crippen LogP contribution in [-0.2, 0) is 19.2 Å². The van der Waals surface area contributed by atoms with E-state index in [0.717, 1.165) is 5.75 Å². The van der Waals surface area contributed by atoms with Crippen molar-refractivity contribution in [2.75, 3.05) is 11.9 Å². The smallest absolute Gasteiger partial charge is 0.276 e. The highest BCUT2D eigenvalue weighted by Gasteiger charge is 2.20. The number of nitrogens with one attached hydrogen (secondary N) is 2. The van der Waals surface area contributed by atoms with E-state index in [-0.39, 0.29) is 29.4 Å². The van der Waals surface area contributed by atoms with E-state index in [1.807, 2.05) is 38.1 Å². The maximum absolute atomic E-state index is 12.7. The van der Waals surface area contributed by atoms with Crippen LogP contribution in [0, 0.1) is 5.92 Å². The average Bonchev–Trinajstić information content (AvgIpc) is 3.37. The number of aryl methyl sites for hydroxylation is 1. The molecular weight excluding hydrogens is 420 g/mol. The van der Waals surface area contributed by atoms with Gasteiger partial charge in [-0.2, -0.15) is 10.2 Å². The third kappa shape index (κ3) is 6.21. The zero-order chi connectivity index (χ0) is 24.2. The molecule has 1 aromatic carbocycles. The van der Waals surface area contributed by atoms with Gasteiger partial charge in [-0.25, -0.2) is 4.68 Å². The fraction of sp³-hybridized carbons (Fsp3) is 0.417. The number of hydrogen-bond acceptors (Lipinski definition) is 5. The number of amides is 2. The highest BCUT2D eigenvalue weighted by molar-refractivity contribution is 6.07. The summed E-state index contributed by atoms with van der Waals surface area (Å²) in [4.78, 5) is 25.2. The summed E-state index contributed by atoms with van der Waals surface area (Å²) in [7, 11) is 1.65. The molecule has 0 unspecified atom stereocenters. The van der Waals surface area contributed by atoms with E-state index in [4.69, 9.17) is 4.74 Å². The summed E-state index contributed by atoms with van der Waals surface area (Å²) in [6.07, 6.45) is 3.11. The minimum absolute atomic E-state index is 0.0754. The normalized spacial score (nSPS) is 11.5. The van der Waals surface area contributed by atoms with Crippen molar-refractivity contribution in [2.24, 2.45) is 13.0 Å². The largest absolute Gasteiger partial charge is 0.471 e. The Morgan fingerprint density at radius 1 is 1.09 bits per heavy atom. The zero-order valence-electron chi connectivity index (χ0n) is 20.0. The van der Waals surface area contributed by atoms with Crippen molar-refractivity contribution in [3.05, 3.63) is 59.7 Å². The Bertz CT molecular complexity index is 1110. The van der Waals surface area contributed by atoms with Crippen LogP contribution in [0.2, 0.25) is 0 Å². The van der Waals surface area contributed by atoms with Crippen LogP contribution in [0.3, 0.4) is 0 Å². The van der Waals surface area contributed by atoms with E-state index in [1.165, 1.54) is 21.1 Å². The first-order chi connectivity index (χ1) is 15.5. The molecule has 0 fully saturated rings. The second-order valence-electron chi connectivity index (χ2n) is 9.38. The van der Waals surface area contributed by atoms with Gasteiger partial charge >= 0.3 is 0 Å². The summed E-state index contributed by atoms with van der Waals surface area (Å²) in [5, 5.41) is 13.9. The van der Waals surface area contributed by atoms with Crippen molar-refractivity contribution in [3.8, 4) is 5.75 Å². The molecule has 3 aromatic rings. The molecule has 0 aliphatic rings. The second kappa shape index (κ2) is 9.89. The number of benzene rings is 1. The molecule has 0 bridgehead atoms. The highest BCUT2D eigenvalue weighted by Crippen LogP contribution is 2.24. The summed E-state index contributed by atoms with van der Waals surface area (Å²) < 4.78 is 8.74. The van der Waals surface area contributed by atoms with Gasteiger partial charge in [-0.15, -0.1) is 0 Å². The van der Waals surface area contributed by atoms with Gasteiger partial charge in [-0.3, -0.25) is 14.3 Å². The summed E-state index contributed by atoms with van der Waals surface area (Å²) in [6.45, 7) is 11.2. The molecule has 9 heteroatoms. The summed E-state index contributed by atoms with van der Waals surface area (Å²) >= 11 is 0. The summed E-state index contributed by atoms with van der Waals surface area (Å²) in [5.41, 5.74) is 2.12. The van der Waals surface area contributed by atoms with Gasteiger partial charge < -0.3 is 15.4 Å². The van der Waals surface area contributed by atoms with Gasteiger partial charge in [0, 0.05) is 19.8 Å². The minimum Gasteiger partial charge on any atom is -0.471 e. The van der Waals surface area contributed by atoms with Crippen LogP contribution in [0.4, 0.5) is 5.69 Å². The number of hydrogen-bond donors (Lipinski definition) is 2. The summed E-state index contributed by atoms with van der Waals surface area (Å²) in [5.74, 6) is 0.296. The van der Waals surface area contributed by atoms with Crippen LogP contribution in [-0.4, -0.2) is 37.9 Å². The maximum atomic E-state index is 12.7. The van der Waals surface area contributed by atoms with Crippen LogP contribution < -0.4 is 15.4 Å². The number of anilines is 1. The van der Waals surface area contributed by atoms with Crippen molar-refractivity contribution in [2.45, 2.75) is 46.8 Å². The zero-order valence-corrected chi connectivity index (χ0v) is 20.0. The molecule has 176 valence electrons. The van der Waals surface area contributed by atoms with Crippen molar-refractivity contribution in [3.63, 3.8) is 0 Å². The number of carbonyl (C=O) groups excluding carboxylic acids is 2. The molecule has 0 aliphatic carbocycles. The van der Waals surface area contributed by atoms with E-state index >= 15 is 0 Å². The molecule has 2 aromatic heterocycles. The molecule has 0 spiro atoms. The molecule has 0 aliphatic heterocycles. The molecule has 0 saturated heterocycles. The Balaban J connectivity index is 1.61. The number of aromatic nitrogens is 4. The lowest BCUT2D eigenvalue weighted by Gasteiger charge is -2.19. The Kier molecular flexibility index (Phi) is 7.20. The molecule has 9 nitrogen and oxygen atoms in total. The topological polar surface area (TPSA) is 103 Å². The molecule has 0 saturated carbocycles. The molecule has 0 atom stereocenters. The number of nitrogens with zero attached hydrogens (tertiary/aromatic N) is 4. The number of carbonyl (C=O) groups is 2. The first-order valence-corrected chi connectivity index (χ1v) is 10.9. The average molecular weight is 453 g/mol. The van der Waals surface area contributed by atoms with Crippen molar-refractivity contribution >= 4 is 17.5 Å². The fourth-order valence-electron chi connectivity index (χ4n) is 3.11. The first kappa shape index (κ1) is 24.0. The van der Waals surface area contributed by atoms with Gasteiger partial charge in [-0.1, -0.05) is 46.8 Å². The minimum atomic E-state index is -0.436. The van der Waals surface area contributed by atoms with Gasteiger partial charge in [0.2, 0.25) is 0 Å². The highest BCUT2D eigenvalue weighted by atomic mass is 16.5. The van der Waals surface area contributed by atoms with Gasteiger partial charge in [-0.05, 0) is 35.1 Å². The second-order valence-corrected chi connectivity index (χ2v) is 9.38. The predicted molar refractivity (Wildman–Crippen MR) is 126 cm³/mol. The fourth-order valence-corrected chi connectivity index (χ4v) is 3.11. The van der Waals surface area contributed by atoms with Crippen LogP contribution >= 0.6 is 0 Å². The number of rotatable bonds is 8. The molecule has 2 N–H and O–H groups in total. The Hall–Kier alpha value is -3.62. The lowest BCUT2D eigenvalue weighted by molar-refractivity contribution is 0.0940. The first-order valence-electron chi connectivity index (χ1n) is 10.9. The van der Waals surface area contributed by atoms with E-state index in [1.54, 1.807) is 19.3 Å². The monoisotopic (exact) mass is 452 g/mol. The SMILES string of the molecule is CC(C)CNC(=O)c1c(NC(=O)c2ccn(COc3ccc(C(C)(C)C)cc3)n2)cnn1C. The molecule has 3 rings (SSSR count). The van der Waals surface area contributed by atoms with E-state index in [2.05, 4.69) is 41.6 Å². The third-order valence-electron chi connectivity index (χ3n) is 5.03. The molecular formula is C24H32N6O3. The lowest BCUT2D eigenvalue weighted by Crippen LogP contribution is -2.30. The molecule has 33 heavy (non-hydrogen) atoms. The van der Waals surface area contributed by atoms with Gasteiger partial charge in [0.25, 0.3) is 11.8 Å². The van der Waals surface area contributed by atoms with Gasteiger partial charge in [0.15, 0.2) is 12.4 Å². The van der Waals surface area contributed by atoms with Crippen molar-refractivity contribution in [1.29, 1.82) is 0 Å². The Morgan fingerprint density at radius 2 is 1.79 bits per heavy atom. The van der Waals surface area contributed by atoms with Gasteiger partial charge in [0.1, 0.15) is 11.4 Å². The Labute approximate surface area is 194 Å². The quantitative estimate of drug-likeness (QED) is 0.544. The summed E-state index contributed by atoms with van der Waals surface area (Å²) in [6, 6.07) is 9.52. The van der Waals surface area contributed by atoms with E-state index in [0.29, 0.717) is 18.2 Å². The lowest BCUT2D eigenvalue weighted by atomic mass is 9.87. The van der Waals surface area contributed by atoms with Crippen molar-refractivity contribution < 1.29 is 14.3 Å². The Morgan fingerprint density at radius 3 is 2.42 bits per heavy atom. The predicted octanol–water partition coefficient (Wildman–Crippen LogP) is 3.59. The third-order valence-corrected chi connectivity index (χ3v) is 5.03. The van der Waals surface area contributed by atoms with Crippen molar-refractivity contribution in [1.82, 2.24) is 24.9 Å². The molecule has 2 heterocycles. The standard InChI is InChI=1S/C24H32N6O3/c1-16(2)13-25-23(32)21-20(14-26-29(21)6)27-22(31)19-11-12-30(28-19)15-33-18-9-7-17(8-10-18)24(3,4)5/h7-12,14,16H,13,15H2,1-6H3,(H,25,32)(H,27,31). The van der Waals surface area contributed by atoms with Crippen LogP contribution in [0.15, 0.2) is 42.7 Å². The van der Waals surface area contributed by atoms with Gasteiger partial charge in [0.05, 0.1) is 11.9 Å². The van der Waals surface area contributed by atoms with Crippen LogP contribution in [0.5, 0.6) is 5.75 Å². The van der Waals surface area contributed by atoms with Crippen LogP contribution in [0.25, 0.3) is 0 Å². The maximum Gasteiger partial charge on any atom is 0.276 e. The van der Waals surface area contributed by atoms with Crippen LogP contribution in [0.1, 0.15) is 61.2 Å². The van der Waals surface area contributed by atoms with E-state index < -0.39 is 5.91 Å². The number of ether oxygens (including phenoxy) is 1. The molecule has 0 radical (unpaired) electrons. The van der Waals surface area contributed by atoms with E-state index in [9.17, 15) is 9.59 Å². The molecule has 2 amide bonds.